The Morgan fingerprint density at radius 1 is 1.26 bits per heavy atom. The van der Waals surface area contributed by atoms with Gasteiger partial charge in [-0.1, -0.05) is 24.6 Å². The van der Waals surface area contributed by atoms with E-state index in [9.17, 15) is 9.90 Å². The van der Waals surface area contributed by atoms with E-state index in [1.807, 2.05) is 25.1 Å². The first-order valence-corrected chi connectivity index (χ1v) is 12.0. The molecule has 5 atom stereocenters. The van der Waals surface area contributed by atoms with Crippen LogP contribution in [0.15, 0.2) is 24.3 Å². The van der Waals surface area contributed by atoms with E-state index in [1.54, 1.807) is 0 Å². The van der Waals surface area contributed by atoms with Crippen molar-refractivity contribution in [2.45, 2.75) is 48.9 Å². The molecule has 0 aromatic heterocycles. The highest BCUT2D eigenvalue weighted by Crippen LogP contribution is 2.71. The van der Waals surface area contributed by atoms with E-state index >= 15 is 0 Å². The van der Waals surface area contributed by atoms with Crippen LogP contribution in [0.4, 0.5) is 0 Å². The second-order valence-electron chi connectivity index (χ2n) is 8.08. The van der Waals surface area contributed by atoms with Crippen LogP contribution in [0, 0.1) is 17.3 Å². The average molecular weight is 407 g/mol. The molecule has 2 aliphatic heterocycles. The van der Waals surface area contributed by atoms with Crippen LogP contribution in [0.3, 0.4) is 0 Å². The Morgan fingerprint density at radius 3 is 2.78 bits per heavy atom. The number of aliphatic hydroxyl groups is 1. The van der Waals surface area contributed by atoms with E-state index in [0.29, 0.717) is 18.3 Å². The number of rotatable bonds is 3. The number of thioether (sulfide) groups is 2. The number of esters is 1. The van der Waals surface area contributed by atoms with Gasteiger partial charge in [-0.2, -0.15) is 0 Å². The number of hydrogen-bond donors (Lipinski definition) is 1. The molecular weight excluding hydrogens is 380 g/mol. The van der Waals surface area contributed by atoms with E-state index in [4.69, 9.17) is 9.47 Å². The Labute approximate surface area is 168 Å². The van der Waals surface area contributed by atoms with Gasteiger partial charge in [0, 0.05) is 24.0 Å². The molecule has 0 amide bonds. The predicted molar refractivity (Wildman–Crippen MR) is 108 cm³/mol. The van der Waals surface area contributed by atoms with Crippen LogP contribution in [0.5, 0.6) is 5.75 Å². The summed E-state index contributed by atoms with van der Waals surface area (Å²) < 4.78 is 11.7. The maximum absolute atomic E-state index is 13.5. The van der Waals surface area contributed by atoms with Crippen LogP contribution in [0.25, 0.3) is 0 Å². The lowest BCUT2D eigenvalue weighted by Gasteiger charge is -2.58. The van der Waals surface area contributed by atoms with Crippen molar-refractivity contribution in [1.82, 2.24) is 0 Å². The Kier molecular flexibility index (Phi) is 4.54. The predicted octanol–water partition coefficient (Wildman–Crippen LogP) is 4.03. The summed E-state index contributed by atoms with van der Waals surface area (Å²) >= 11 is 4.17. The van der Waals surface area contributed by atoms with Gasteiger partial charge in [0.2, 0.25) is 0 Å². The SMILES string of the molecule is CCOC(O)C12C(=O)Oc3ccccc3C1CC1(SCCS1)C1CCCC12. The van der Waals surface area contributed by atoms with Gasteiger partial charge < -0.3 is 14.6 Å². The third kappa shape index (κ3) is 2.42. The molecule has 1 aromatic rings. The summed E-state index contributed by atoms with van der Waals surface area (Å²) in [6, 6.07) is 7.88. The molecule has 3 fully saturated rings. The summed E-state index contributed by atoms with van der Waals surface area (Å²) in [5, 5.41) is 11.2. The van der Waals surface area contributed by atoms with Gasteiger partial charge in [0.05, 0.1) is 4.08 Å². The van der Waals surface area contributed by atoms with Crippen molar-refractivity contribution in [3.8, 4) is 5.75 Å². The highest BCUT2D eigenvalue weighted by molar-refractivity contribution is 8.21. The highest BCUT2D eigenvalue weighted by atomic mass is 32.2. The zero-order chi connectivity index (χ0) is 18.6. The Balaban J connectivity index is 1.71. The van der Waals surface area contributed by atoms with Gasteiger partial charge in [-0.3, -0.25) is 4.79 Å². The van der Waals surface area contributed by atoms with Crippen LogP contribution in [-0.2, 0) is 9.53 Å². The van der Waals surface area contributed by atoms with E-state index in [0.717, 1.165) is 31.2 Å². The molecule has 5 unspecified atom stereocenters. The number of fused-ring (bicyclic) bond motifs is 6. The second kappa shape index (κ2) is 6.68. The molecule has 2 heterocycles. The van der Waals surface area contributed by atoms with Crippen molar-refractivity contribution >= 4 is 29.5 Å². The molecule has 1 spiro atoms. The molecule has 2 saturated carbocycles. The first-order chi connectivity index (χ1) is 13.1. The first-order valence-electron chi connectivity index (χ1n) is 10.0. The van der Waals surface area contributed by atoms with Gasteiger partial charge in [-0.15, -0.1) is 23.5 Å². The summed E-state index contributed by atoms with van der Waals surface area (Å²) in [6.45, 7) is 2.26. The summed E-state index contributed by atoms with van der Waals surface area (Å²) in [4.78, 5) is 13.5. The number of aliphatic hydroxyl groups excluding tert-OH is 1. The van der Waals surface area contributed by atoms with Gasteiger partial charge in [-0.25, -0.2) is 0 Å². The van der Waals surface area contributed by atoms with E-state index in [1.165, 1.54) is 11.5 Å². The van der Waals surface area contributed by atoms with Crippen LogP contribution < -0.4 is 4.74 Å². The molecule has 0 radical (unpaired) electrons. The zero-order valence-corrected chi connectivity index (χ0v) is 17.2. The van der Waals surface area contributed by atoms with Crippen molar-refractivity contribution in [3.05, 3.63) is 29.8 Å². The summed E-state index contributed by atoms with van der Waals surface area (Å²) in [7, 11) is 0. The van der Waals surface area contributed by atoms with E-state index < -0.39 is 11.7 Å². The molecule has 1 aromatic carbocycles. The molecule has 4 aliphatic rings. The topological polar surface area (TPSA) is 55.8 Å². The van der Waals surface area contributed by atoms with Crippen molar-refractivity contribution < 1.29 is 19.4 Å². The second-order valence-corrected chi connectivity index (χ2v) is 11.2. The molecule has 146 valence electrons. The maximum atomic E-state index is 13.5. The van der Waals surface area contributed by atoms with E-state index in [2.05, 4.69) is 29.6 Å². The molecule has 5 rings (SSSR count). The van der Waals surface area contributed by atoms with E-state index in [-0.39, 0.29) is 21.9 Å². The molecule has 27 heavy (non-hydrogen) atoms. The lowest BCUT2D eigenvalue weighted by molar-refractivity contribution is -0.227. The fourth-order valence-electron chi connectivity index (χ4n) is 6.19. The monoisotopic (exact) mass is 406 g/mol. The minimum absolute atomic E-state index is 0.0612. The Bertz CT molecular complexity index is 747. The molecule has 6 heteroatoms. The van der Waals surface area contributed by atoms with Gasteiger partial charge in [0.1, 0.15) is 11.2 Å². The largest absolute Gasteiger partial charge is 0.426 e. The minimum Gasteiger partial charge on any atom is -0.426 e. The summed E-state index contributed by atoms with van der Waals surface area (Å²) in [6.07, 6.45) is 2.99. The number of carbonyl (C=O) groups is 1. The number of carbonyl (C=O) groups excluding carboxylic acids is 1. The third-order valence-corrected chi connectivity index (χ3v) is 10.8. The Hall–Kier alpha value is -0.690. The maximum Gasteiger partial charge on any atom is 0.323 e. The van der Waals surface area contributed by atoms with Crippen molar-refractivity contribution in [1.29, 1.82) is 0 Å². The molecular formula is C21H26O4S2. The molecule has 4 nitrogen and oxygen atoms in total. The fraction of sp³-hybridized carbons (Fsp3) is 0.667. The van der Waals surface area contributed by atoms with Crippen molar-refractivity contribution in [3.63, 3.8) is 0 Å². The average Bonchev–Trinajstić information content (AvgIpc) is 3.33. The molecule has 1 N–H and O–H groups in total. The molecule has 2 aliphatic carbocycles. The molecule has 1 saturated heterocycles. The van der Waals surface area contributed by atoms with Crippen LogP contribution in [0.1, 0.15) is 44.1 Å². The van der Waals surface area contributed by atoms with Crippen LogP contribution in [-0.4, -0.2) is 39.6 Å². The molecule has 0 bridgehead atoms. The zero-order valence-electron chi connectivity index (χ0n) is 15.6. The third-order valence-electron chi connectivity index (χ3n) is 7.12. The number of benzene rings is 1. The van der Waals surface area contributed by atoms with Crippen LogP contribution in [0.2, 0.25) is 0 Å². The smallest absolute Gasteiger partial charge is 0.323 e. The summed E-state index contributed by atoms with van der Waals surface area (Å²) in [5.41, 5.74) is 0.0780. The van der Waals surface area contributed by atoms with Gasteiger partial charge >= 0.3 is 5.97 Å². The number of ether oxygens (including phenoxy) is 2. The number of hydrogen-bond acceptors (Lipinski definition) is 6. The van der Waals surface area contributed by atoms with Gasteiger partial charge in [-0.05, 0) is 49.7 Å². The summed E-state index contributed by atoms with van der Waals surface area (Å²) in [5.74, 6) is 3.20. The lowest BCUT2D eigenvalue weighted by atomic mass is 9.53. The Morgan fingerprint density at radius 2 is 2.00 bits per heavy atom. The van der Waals surface area contributed by atoms with Crippen LogP contribution >= 0.6 is 23.5 Å². The minimum atomic E-state index is -1.12. The first kappa shape index (κ1) is 18.3. The highest BCUT2D eigenvalue weighted by Gasteiger charge is 2.71. The lowest BCUT2D eigenvalue weighted by Crippen LogP contribution is -2.63. The van der Waals surface area contributed by atoms with Crippen molar-refractivity contribution in [2.24, 2.45) is 17.3 Å². The number of para-hydroxylation sites is 1. The normalized spacial score (nSPS) is 37.4. The fourth-order valence-corrected chi connectivity index (χ4v) is 9.94. The van der Waals surface area contributed by atoms with Gasteiger partial charge in [0.15, 0.2) is 6.29 Å². The van der Waals surface area contributed by atoms with Crippen molar-refractivity contribution in [2.75, 3.05) is 18.1 Å². The standard InChI is InChI=1S/C21H26O4S2/c1-2-24-18(22)21-15-8-5-7-14(15)20(26-10-11-27-20)12-16(21)13-6-3-4-9-17(13)25-19(21)23/h3-4,6,9,14-16,18,22H,2,5,7-8,10-12H2,1H3. The quantitative estimate of drug-likeness (QED) is 0.465. The van der Waals surface area contributed by atoms with Gasteiger partial charge in [0.25, 0.3) is 0 Å².